The van der Waals surface area contributed by atoms with Gasteiger partial charge in [0.25, 0.3) is 0 Å². The maximum absolute atomic E-state index is 12.0. The van der Waals surface area contributed by atoms with E-state index in [-0.39, 0.29) is 18.2 Å². The zero-order valence-electron chi connectivity index (χ0n) is 11.0. The van der Waals surface area contributed by atoms with E-state index in [2.05, 4.69) is 22.5 Å². The Kier molecular flexibility index (Phi) is 4.64. The van der Waals surface area contributed by atoms with Gasteiger partial charge in [0, 0.05) is 23.9 Å². The van der Waals surface area contributed by atoms with Crippen LogP contribution in [0.5, 0.6) is 0 Å². The van der Waals surface area contributed by atoms with Crippen LogP contribution < -0.4 is 0 Å². The van der Waals surface area contributed by atoms with Crippen molar-refractivity contribution in [3.8, 4) is 0 Å². The minimum Gasteiger partial charge on any atom is -0.446 e. The van der Waals surface area contributed by atoms with Gasteiger partial charge >= 0.3 is 6.09 Å². The summed E-state index contributed by atoms with van der Waals surface area (Å²) in [6.45, 7) is 6.44. The molecule has 102 valence electrons. The zero-order valence-corrected chi connectivity index (χ0v) is 12.6. The molecule has 1 aliphatic rings. The number of ether oxygens (including phenoxy) is 1. The van der Waals surface area contributed by atoms with Crippen molar-refractivity contribution in [1.82, 2.24) is 4.90 Å². The van der Waals surface area contributed by atoms with Crippen molar-refractivity contribution in [3.63, 3.8) is 0 Å². The molecular weight excluding hydrogens is 306 g/mol. The van der Waals surface area contributed by atoms with E-state index in [1.807, 2.05) is 31.2 Å². The molecule has 19 heavy (non-hydrogen) atoms. The van der Waals surface area contributed by atoms with Crippen molar-refractivity contribution in [3.05, 3.63) is 47.0 Å². The van der Waals surface area contributed by atoms with Gasteiger partial charge in [-0.25, -0.2) is 4.79 Å². The number of benzene rings is 1. The van der Waals surface area contributed by atoms with Gasteiger partial charge < -0.3 is 9.64 Å². The third-order valence-corrected chi connectivity index (χ3v) is 3.97. The molecule has 1 heterocycles. The molecule has 1 saturated heterocycles. The molecule has 2 rings (SSSR count). The summed E-state index contributed by atoms with van der Waals surface area (Å²) in [6.07, 6.45) is 3.14. The van der Waals surface area contributed by atoms with Gasteiger partial charge in [-0.1, -0.05) is 34.1 Å². The molecule has 0 radical (unpaired) electrons. The first-order chi connectivity index (χ1) is 9.11. The number of amides is 1. The van der Waals surface area contributed by atoms with Gasteiger partial charge in [-0.3, -0.25) is 0 Å². The highest BCUT2D eigenvalue weighted by Crippen LogP contribution is 2.26. The Morgan fingerprint density at radius 2 is 2.21 bits per heavy atom. The largest absolute Gasteiger partial charge is 0.446 e. The zero-order chi connectivity index (χ0) is 13.8. The molecule has 1 amide bonds. The summed E-state index contributed by atoms with van der Waals surface area (Å²) in [5.41, 5.74) is 1.11. The normalized spacial score (nSPS) is 20.8. The van der Waals surface area contributed by atoms with Crippen LogP contribution in [-0.2, 0) is 4.74 Å². The second-order valence-electron chi connectivity index (χ2n) is 4.74. The molecule has 4 heteroatoms. The van der Waals surface area contributed by atoms with Gasteiger partial charge in [0.05, 0.1) is 6.04 Å². The quantitative estimate of drug-likeness (QED) is 0.773. The van der Waals surface area contributed by atoms with Crippen molar-refractivity contribution < 1.29 is 9.53 Å². The van der Waals surface area contributed by atoms with Gasteiger partial charge in [0.2, 0.25) is 0 Å². The molecule has 0 bridgehead atoms. The predicted octanol–water partition coefficient (Wildman–Crippen LogP) is 4.30. The Hall–Kier alpha value is -1.29. The maximum atomic E-state index is 12.0. The van der Waals surface area contributed by atoms with Gasteiger partial charge in [-0.05, 0) is 24.6 Å². The fourth-order valence-corrected chi connectivity index (χ4v) is 2.53. The summed E-state index contributed by atoms with van der Waals surface area (Å²) in [5, 5.41) is 0. The fraction of sp³-hybridized carbons (Fsp3) is 0.400. The van der Waals surface area contributed by atoms with Crippen LogP contribution in [0.3, 0.4) is 0 Å². The van der Waals surface area contributed by atoms with Crippen molar-refractivity contribution in [2.24, 2.45) is 0 Å². The highest BCUT2D eigenvalue weighted by molar-refractivity contribution is 9.10. The summed E-state index contributed by atoms with van der Waals surface area (Å²) < 4.78 is 6.45. The summed E-state index contributed by atoms with van der Waals surface area (Å²) in [5.74, 6) is 0. The second kappa shape index (κ2) is 6.24. The molecule has 0 N–H and O–H groups in total. The third kappa shape index (κ3) is 3.38. The summed E-state index contributed by atoms with van der Waals surface area (Å²) in [7, 11) is 0. The molecule has 0 aliphatic carbocycles. The standard InChI is InChI=1S/C15H18BrNO2/c1-3-4-14-9-10-17(15(18)19-14)11(2)12-5-7-13(16)8-6-12/h3,5-8,11,14H,1,4,9-10H2,2H3/t11-,14+/m0/s1. The molecule has 1 aliphatic heterocycles. The monoisotopic (exact) mass is 323 g/mol. The van der Waals surface area contributed by atoms with Crippen LogP contribution in [0.25, 0.3) is 0 Å². The van der Waals surface area contributed by atoms with Crippen molar-refractivity contribution >= 4 is 22.0 Å². The van der Waals surface area contributed by atoms with E-state index in [1.54, 1.807) is 11.0 Å². The summed E-state index contributed by atoms with van der Waals surface area (Å²) >= 11 is 3.41. The lowest BCUT2D eigenvalue weighted by atomic mass is 10.1. The predicted molar refractivity (Wildman–Crippen MR) is 79.0 cm³/mol. The second-order valence-corrected chi connectivity index (χ2v) is 5.66. The first kappa shape index (κ1) is 14.1. The summed E-state index contributed by atoms with van der Waals surface area (Å²) in [4.78, 5) is 13.8. The molecule has 0 aromatic heterocycles. The van der Waals surface area contributed by atoms with Gasteiger partial charge in [0.15, 0.2) is 0 Å². The van der Waals surface area contributed by atoms with Crippen LogP contribution in [0.2, 0.25) is 0 Å². The smallest absolute Gasteiger partial charge is 0.410 e. The highest BCUT2D eigenvalue weighted by Gasteiger charge is 2.30. The maximum Gasteiger partial charge on any atom is 0.410 e. The van der Waals surface area contributed by atoms with E-state index in [4.69, 9.17) is 4.74 Å². The number of nitrogens with zero attached hydrogens (tertiary/aromatic N) is 1. The molecule has 2 atom stereocenters. The topological polar surface area (TPSA) is 29.5 Å². The van der Waals surface area contributed by atoms with Crippen LogP contribution >= 0.6 is 15.9 Å². The molecule has 0 saturated carbocycles. The number of carbonyl (C=O) groups is 1. The molecule has 0 spiro atoms. The minimum atomic E-state index is -0.228. The van der Waals surface area contributed by atoms with E-state index < -0.39 is 0 Å². The lowest BCUT2D eigenvalue weighted by molar-refractivity contribution is 0.0146. The molecule has 1 aromatic carbocycles. The average Bonchev–Trinajstić information content (AvgIpc) is 2.39. The van der Waals surface area contributed by atoms with E-state index in [0.717, 1.165) is 29.4 Å². The number of cyclic esters (lactones) is 1. The van der Waals surface area contributed by atoms with Crippen LogP contribution in [0.1, 0.15) is 31.4 Å². The van der Waals surface area contributed by atoms with Crippen LogP contribution in [0, 0.1) is 0 Å². The van der Waals surface area contributed by atoms with E-state index in [0.29, 0.717) is 0 Å². The van der Waals surface area contributed by atoms with Crippen molar-refractivity contribution in [1.29, 1.82) is 0 Å². The van der Waals surface area contributed by atoms with Crippen LogP contribution in [-0.4, -0.2) is 23.6 Å². The first-order valence-corrected chi connectivity index (χ1v) is 7.24. The molecule has 1 fully saturated rings. The number of rotatable bonds is 4. The Morgan fingerprint density at radius 3 is 2.79 bits per heavy atom. The van der Waals surface area contributed by atoms with Gasteiger partial charge in [0.1, 0.15) is 6.10 Å². The van der Waals surface area contributed by atoms with Crippen LogP contribution in [0.4, 0.5) is 4.79 Å². The molecule has 3 nitrogen and oxygen atoms in total. The Labute approximate surface area is 122 Å². The van der Waals surface area contributed by atoms with Crippen molar-refractivity contribution in [2.75, 3.05) is 6.54 Å². The Balaban J connectivity index is 2.04. The van der Waals surface area contributed by atoms with E-state index in [1.165, 1.54) is 0 Å². The minimum absolute atomic E-state index is 0.0154. The Bertz CT molecular complexity index is 458. The Morgan fingerprint density at radius 1 is 1.53 bits per heavy atom. The van der Waals surface area contributed by atoms with Crippen molar-refractivity contribution in [2.45, 2.75) is 31.9 Å². The number of carbonyl (C=O) groups excluding carboxylic acids is 1. The lowest BCUT2D eigenvalue weighted by Crippen LogP contribution is -2.43. The molecular formula is C15H18BrNO2. The number of hydrogen-bond acceptors (Lipinski definition) is 2. The molecule has 1 aromatic rings. The number of hydrogen-bond donors (Lipinski definition) is 0. The van der Waals surface area contributed by atoms with E-state index >= 15 is 0 Å². The van der Waals surface area contributed by atoms with E-state index in [9.17, 15) is 4.79 Å². The fourth-order valence-electron chi connectivity index (χ4n) is 2.27. The molecule has 0 unspecified atom stereocenters. The average molecular weight is 324 g/mol. The highest BCUT2D eigenvalue weighted by atomic mass is 79.9. The summed E-state index contributed by atoms with van der Waals surface area (Å²) in [6, 6.07) is 8.06. The first-order valence-electron chi connectivity index (χ1n) is 6.45. The number of halogens is 1. The van der Waals surface area contributed by atoms with Crippen LogP contribution in [0.15, 0.2) is 41.4 Å². The van der Waals surface area contributed by atoms with Gasteiger partial charge in [-0.15, -0.1) is 6.58 Å². The SMILES string of the molecule is C=CC[C@@H]1CCN([C@@H](C)c2ccc(Br)cc2)C(=O)O1. The van der Waals surface area contributed by atoms with Gasteiger partial charge in [-0.2, -0.15) is 0 Å². The lowest BCUT2D eigenvalue weighted by Gasteiger charge is -2.35. The third-order valence-electron chi connectivity index (χ3n) is 3.44.